The summed E-state index contributed by atoms with van der Waals surface area (Å²) < 4.78 is 6.08. The number of aryl methyl sites for hydroxylation is 2. The van der Waals surface area contributed by atoms with Crippen LogP contribution in [-0.2, 0) is 19.4 Å². The van der Waals surface area contributed by atoms with Crippen molar-refractivity contribution in [1.82, 2.24) is 5.32 Å². The zero-order chi connectivity index (χ0) is 17.8. The van der Waals surface area contributed by atoms with E-state index < -0.39 is 5.91 Å². The highest BCUT2D eigenvalue weighted by Crippen LogP contribution is 2.34. The van der Waals surface area contributed by atoms with Gasteiger partial charge in [0.05, 0.1) is 0 Å². The molecule has 3 N–H and O–H groups in total. The zero-order valence-electron chi connectivity index (χ0n) is 15.4. The van der Waals surface area contributed by atoms with Crippen molar-refractivity contribution in [2.24, 2.45) is 11.7 Å². The van der Waals surface area contributed by atoms with E-state index >= 15 is 0 Å². The van der Waals surface area contributed by atoms with Crippen LogP contribution in [0.1, 0.15) is 47.3 Å². The summed E-state index contributed by atoms with van der Waals surface area (Å²) in [5.74, 6) is 2.03. The van der Waals surface area contributed by atoms with E-state index in [1.165, 1.54) is 17.5 Å². The van der Waals surface area contributed by atoms with Crippen LogP contribution in [-0.4, -0.2) is 12.5 Å². The summed E-state index contributed by atoms with van der Waals surface area (Å²) in [7, 11) is 0. The highest BCUT2D eigenvalue weighted by Gasteiger charge is 2.16. The fourth-order valence-electron chi connectivity index (χ4n) is 3.08. The minimum atomic E-state index is -0.403. The molecule has 0 atom stereocenters. The lowest BCUT2D eigenvalue weighted by Gasteiger charge is -2.11. The van der Waals surface area contributed by atoms with Crippen LogP contribution in [0.2, 0.25) is 0 Å². The summed E-state index contributed by atoms with van der Waals surface area (Å²) in [6, 6.07) is 11.8. The summed E-state index contributed by atoms with van der Waals surface area (Å²) in [6.07, 6.45) is 2.92. The Morgan fingerprint density at radius 1 is 1.12 bits per heavy atom. The average Bonchev–Trinajstić information content (AvgIpc) is 2.76. The summed E-state index contributed by atoms with van der Waals surface area (Å²) in [5, 5.41) is 3.50. The van der Waals surface area contributed by atoms with Gasteiger partial charge >= 0.3 is 0 Å². The Hall–Kier alpha value is -2.04. The molecular formula is C21H27ClN2O2. The largest absolute Gasteiger partial charge is 0.457 e. The van der Waals surface area contributed by atoms with Crippen molar-refractivity contribution in [3.8, 4) is 11.5 Å². The maximum atomic E-state index is 11.4. The first-order chi connectivity index (χ1) is 12.0. The molecular weight excluding hydrogens is 348 g/mol. The first-order valence-electron chi connectivity index (χ1n) is 8.96. The average molecular weight is 375 g/mol. The number of hydrogen-bond acceptors (Lipinski definition) is 3. The second-order valence-electron chi connectivity index (χ2n) is 7.09. The first kappa shape index (κ1) is 20.3. The Morgan fingerprint density at radius 2 is 1.77 bits per heavy atom. The Labute approximate surface area is 161 Å². The smallest absolute Gasteiger partial charge is 0.248 e. The van der Waals surface area contributed by atoms with E-state index in [0.717, 1.165) is 48.9 Å². The number of hydrogen-bond donors (Lipinski definition) is 2. The number of rotatable bonds is 6. The number of halogens is 1. The summed E-state index contributed by atoms with van der Waals surface area (Å²) in [4.78, 5) is 11.4. The number of benzene rings is 2. The van der Waals surface area contributed by atoms with Crippen molar-refractivity contribution in [1.29, 1.82) is 0 Å². The molecule has 0 aromatic heterocycles. The van der Waals surface area contributed by atoms with Gasteiger partial charge in [0.1, 0.15) is 11.5 Å². The van der Waals surface area contributed by atoms with E-state index in [1.54, 1.807) is 6.07 Å². The summed E-state index contributed by atoms with van der Waals surface area (Å²) in [6.45, 7) is 6.39. The maximum absolute atomic E-state index is 11.4. The predicted octanol–water partition coefficient (Wildman–Crippen LogP) is 4.23. The van der Waals surface area contributed by atoms with Crippen LogP contribution in [0, 0.1) is 5.92 Å². The molecule has 0 unspecified atom stereocenters. The van der Waals surface area contributed by atoms with Crippen molar-refractivity contribution >= 4 is 18.3 Å². The van der Waals surface area contributed by atoms with Crippen LogP contribution >= 0.6 is 12.4 Å². The molecule has 3 rings (SSSR count). The fraction of sp³-hybridized carbons (Fsp3) is 0.381. The number of primary amides is 1. The Balaban J connectivity index is 0.00000243. The molecule has 1 amide bonds. The number of carbonyl (C=O) groups excluding carboxylic acids is 1. The highest BCUT2D eigenvalue weighted by atomic mass is 35.5. The molecule has 0 fully saturated rings. The van der Waals surface area contributed by atoms with Gasteiger partial charge in [-0.05, 0) is 72.7 Å². The molecule has 1 aliphatic heterocycles. The van der Waals surface area contributed by atoms with Crippen molar-refractivity contribution in [2.75, 3.05) is 6.54 Å². The molecule has 5 heteroatoms. The number of amides is 1. The topological polar surface area (TPSA) is 64.3 Å². The van der Waals surface area contributed by atoms with E-state index in [9.17, 15) is 4.79 Å². The van der Waals surface area contributed by atoms with Crippen LogP contribution in [0.15, 0.2) is 36.4 Å². The number of fused-ring (bicyclic) bond motifs is 2. The summed E-state index contributed by atoms with van der Waals surface area (Å²) >= 11 is 0. The molecule has 0 aliphatic carbocycles. The molecule has 1 heterocycles. The van der Waals surface area contributed by atoms with Gasteiger partial charge in [0, 0.05) is 12.1 Å². The van der Waals surface area contributed by atoms with Gasteiger partial charge in [0.15, 0.2) is 0 Å². The predicted molar refractivity (Wildman–Crippen MR) is 107 cm³/mol. The van der Waals surface area contributed by atoms with Crippen LogP contribution in [0.25, 0.3) is 0 Å². The van der Waals surface area contributed by atoms with Crippen molar-refractivity contribution in [2.45, 2.75) is 39.7 Å². The Bertz CT molecular complexity index is 775. The third kappa shape index (κ3) is 4.99. The molecule has 26 heavy (non-hydrogen) atoms. The van der Waals surface area contributed by atoms with Crippen molar-refractivity contribution < 1.29 is 9.53 Å². The Morgan fingerprint density at radius 3 is 2.42 bits per heavy atom. The van der Waals surface area contributed by atoms with Crippen LogP contribution < -0.4 is 15.8 Å². The van der Waals surface area contributed by atoms with Gasteiger partial charge in [-0.15, -0.1) is 12.4 Å². The molecule has 0 bridgehead atoms. The molecule has 1 aliphatic rings. The molecule has 4 nitrogen and oxygen atoms in total. The number of ether oxygens (including phenoxy) is 1. The van der Waals surface area contributed by atoms with Gasteiger partial charge in [0.2, 0.25) is 5.91 Å². The lowest BCUT2D eigenvalue weighted by atomic mass is 10.0. The molecule has 2 aromatic rings. The fourth-order valence-corrected chi connectivity index (χ4v) is 3.08. The van der Waals surface area contributed by atoms with Gasteiger partial charge in [0.25, 0.3) is 0 Å². The van der Waals surface area contributed by atoms with Gasteiger partial charge in [-0.25, -0.2) is 0 Å². The van der Waals surface area contributed by atoms with Crippen LogP contribution in [0.4, 0.5) is 0 Å². The van der Waals surface area contributed by atoms with E-state index in [2.05, 4.69) is 31.3 Å². The second-order valence-corrected chi connectivity index (χ2v) is 7.09. The molecule has 0 radical (unpaired) electrons. The van der Waals surface area contributed by atoms with Crippen LogP contribution in [0.5, 0.6) is 11.5 Å². The van der Waals surface area contributed by atoms with Crippen LogP contribution in [0.3, 0.4) is 0 Å². The minimum absolute atomic E-state index is 0. The van der Waals surface area contributed by atoms with Crippen molar-refractivity contribution in [3.05, 3.63) is 58.7 Å². The van der Waals surface area contributed by atoms with Gasteiger partial charge in [-0.2, -0.15) is 0 Å². The molecule has 0 spiro atoms. The van der Waals surface area contributed by atoms with Gasteiger partial charge in [-0.3, -0.25) is 4.79 Å². The third-order valence-corrected chi connectivity index (χ3v) is 4.58. The van der Waals surface area contributed by atoms with Gasteiger partial charge in [-0.1, -0.05) is 26.0 Å². The molecule has 2 aromatic carbocycles. The monoisotopic (exact) mass is 374 g/mol. The number of carbonyl (C=O) groups is 1. The third-order valence-electron chi connectivity index (χ3n) is 4.58. The zero-order valence-corrected chi connectivity index (χ0v) is 16.2. The quantitative estimate of drug-likeness (QED) is 0.743. The standard InChI is InChI=1S/C21H26N2O2.ClH/c1-14(2)9-10-23-13-15-3-7-19-16(11-15)4-5-17-12-18(21(22)24)6-8-20(17)25-19;/h3,6-8,11-12,14,23H,4-5,9-10,13H2,1-2H3,(H2,22,24);1H. The highest BCUT2D eigenvalue weighted by molar-refractivity contribution is 5.93. The SMILES string of the molecule is CC(C)CCNCc1ccc2c(c1)CCc1cc(C(N)=O)ccc1O2.Cl. The molecule has 140 valence electrons. The molecule has 0 saturated carbocycles. The maximum Gasteiger partial charge on any atom is 0.248 e. The van der Waals surface area contributed by atoms with E-state index in [-0.39, 0.29) is 12.4 Å². The van der Waals surface area contributed by atoms with Gasteiger partial charge < -0.3 is 15.8 Å². The summed E-state index contributed by atoms with van der Waals surface area (Å²) in [5.41, 5.74) is 9.42. The first-order valence-corrected chi connectivity index (χ1v) is 8.96. The molecule has 0 saturated heterocycles. The second kappa shape index (κ2) is 9.06. The lowest BCUT2D eigenvalue weighted by molar-refractivity contribution is 0.1000. The lowest BCUT2D eigenvalue weighted by Crippen LogP contribution is -2.16. The van der Waals surface area contributed by atoms with E-state index in [1.807, 2.05) is 18.2 Å². The number of nitrogens with one attached hydrogen (secondary N) is 1. The van der Waals surface area contributed by atoms with E-state index in [4.69, 9.17) is 10.5 Å². The Kier molecular flexibility index (Phi) is 7.06. The normalized spacial score (nSPS) is 12.4. The minimum Gasteiger partial charge on any atom is -0.457 e. The van der Waals surface area contributed by atoms with E-state index in [0.29, 0.717) is 5.56 Å². The number of nitrogens with two attached hydrogens (primary N) is 1. The van der Waals surface area contributed by atoms with Crippen molar-refractivity contribution in [3.63, 3.8) is 0 Å².